The number of halogens is 1. The predicted molar refractivity (Wildman–Crippen MR) is 102 cm³/mol. The fourth-order valence-corrected chi connectivity index (χ4v) is 3.55. The number of pyridine rings is 1. The van der Waals surface area contributed by atoms with Crippen molar-refractivity contribution >= 4 is 34.2 Å². The van der Waals surface area contributed by atoms with Crippen molar-refractivity contribution in [1.29, 1.82) is 0 Å². The van der Waals surface area contributed by atoms with Crippen LogP contribution in [0.3, 0.4) is 0 Å². The van der Waals surface area contributed by atoms with Gasteiger partial charge in [-0.05, 0) is 49.4 Å². The Morgan fingerprint density at radius 1 is 1.26 bits per heavy atom. The molecule has 6 nitrogen and oxygen atoms in total. The Labute approximate surface area is 160 Å². The maximum atomic E-state index is 12.2. The minimum absolute atomic E-state index is 0.227. The van der Waals surface area contributed by atoms with Crippen LogP contribution in [-0.2, 0) is 17.6 Å². The number of amides is 1. The number of carbonyl (C=O) groups excluding carboxylic acids is 1. The topological polar surface area (TPSA) is 81.4 Å². The first-order chi connectivity index (χ1) is 13.1. The van der Waals surface area contributed by atoms with E-state index in [2.05, 4.69) is 10.3 Å². The molecule has 1 aliphatic rings. The highest BCUT2D eigenvalue weighted by atomic mass is 35.5. The molecule has 0 fully saturated rings. The van der Waals surface area contributed by atoms with Gasteiger partial charge in [-0.1, -0.05) is 11.6 Å². The zero-order valence-corrected chi connectivity index (χ0v) is 15.2. The molecule has 0 atom stereocenters. The van der Waals surface area contributed by atoms with Gasteiger partial charge in [0.1, 0.15) is 11.3 Å². The molecule has 1 N–H and O–H groups in total. The maximum absolute atomic E-state index is 12.2. The van der Waals surface area contributed by atoms with Crippen molar-refractivity contribution in [2.75, 3.05) is 11.9 Å². The first-order valence-corrected chi connectivity index (χ1v) is 9.10. The molecule has 0 unspecified atom stereocenters. The summed E-state index contributed by atoms with van der Waals surface area (Å²) in [6.45, 7) is -0.227. The Hall–Kier alpha value is -2.86. The second-order valence-corrected chi connectivity index (χ2v) is 6.82. The highest BCUT2D eigenvalue weighted by Gasteiger charge is 2.19. The smallest absolute Gasteiger partial charge is 0.339 e. The summed E-state index contributed by atoms with van der Waals surface area (Å²) in [4.78, 5) is 28.2. The number of ether oxygens (including phenoxy) is 1. The number of hydrogen-bond donors (Lipinski definition) is 1. The van der Waals surface area contributed by atoms with Gasteiger partial charge in [0.15, 0.2) is 6.61 Å². The van der Waals surface area contributed by atoms with Crippen LogP contribution in [0, 0.1) is 0 Å². The lowest BCUT2D eigenvalue weighted by Gasteiger charge is -2.17. The molecule has 0 saturated heterocycles. The van der Waals surface area contributed by atoms with E-state index in [1.807, 2.05) is 0 Å². The van der Waals surface area contributed by atoms with Crippen molar-refractivity contribution in [1.82, 2.24) is 4.98 Å². The minimum Gasteiger partial charge on any atom is -0.482 e. The Kier molecular flexibility index (Phi) is 4.81. The van der Waals surface area contributed by atoms with Gasteiger partial charge in [-0.2, -0.15) is 0 Å². The van der Waals surface area contributed by atoms with Crippen LogP contribution in [0.1, 0.15) is 24.0 Å². The summed E-state index contributed by atoms with van der Waals surface area (Å²) in [5, 5.41) is 3.88. The number of aromatic nitrogens is 1. The summed E-state index contributed by atoms with van der Waals surface area (Å²) in [5.41, 5.74) is 2.45. The molecule has 4 rings (SSSR count). The number of benzene rings is 1. The maximum Gasteiger partial charge on any atom is 0.339 e. The molecule has 0 radical (unpaired) electrons. The van der Waals surface area contributed by atoms with Crippen molar-refractivity contribution < 1.29 is 13.9 Å². The van der Waals surface area contributed by atoms with Crippen LogP contribution in [0.15, 0.2) is 45.9 Å². The SMILES string of the molecule is O=C(COc1cc2oc(=O)c3c(c2cc1Cl)CCCC3)Nc1cccnc1. The van der Waals surface area contributed by atoms with Crippen molar-refractivity contribution in [3.63, 3.8) is 0 Å². The lowest BCUT2D eigenvalue weighted by Crippen LogP contribution is -2.20. The Morgan fingerprint density at radius 3 is 2.85 bits per heavy atom. The molecule has 3 aromatic rings. The molecule has 138 valence electrons. The molecular weight excluding hydrogens is 368 g/mol. The van der Waals surface area contributed by atoms with Gasteiger partial charge in [-0.15, -0.1) is 0 Å². The molecule has 1 aliphatic carbocycles. The van der Waals surface area contributed by atoms with Crippen LogP contribution in [0.25, 0.3) is 11.0 Å². The Bertz CT molecular complexity index is 1060. The molecule has 27 heavy (non-hydrogen) atoms. The van der Waals surface area contributed by atoms with Gasteiger partial charge < -0.3 is 14.5 Å². The third kappa shape index (κ3) is 3.66. The number of nitrogens with zero attached hydrogens (tertiary/aromatic N) is 1. The lowest BCUT2D eigenvalue weighted by molar-refractivity contribution is -0.118. The molecular formula is C20H17ClN2O4. The van der Waals surface area contributed by atoms with Crippen molar-refractivity contribution in [3.05, 3.63) is 63.2 Å². The second-order valence-electron chi connectivity index (χ2n) is 6.41. The summed E-state index contributed by atoms with van der Waals surface area (Å²) >= 11 is 6.34. The number of anilines is 1. The molecule has 1 amide bonds. The first-order valence-electron chi connectivity index (χ1n) is 8.72. The third-order valence-corrected chi connectivity index (χ3v) is 4.88. The summed E-state index contributed by atoms with van der Waals surface area (Å²) in [5.74, 6) is -0.0459. The third-order valence-electron chi connectivity index (χ3n) is 4.58. The lowest BCUT2D eigenvalue weighted by atomic mass is 9.91. The van der Waals surface area contributed by atoms with Gasteiger partial charge in [0, 0.05) is 23.2 Å². The van der Waals surface area contributed by atoms with Gasteiger partial charge in [-0.25, -0.2) is 4.79 Å². The molecule has 2 heterocycles. The van der Waals surface area contributed by atoms with Crippen molar-refractivity contribution in [2.45, 2.75) is 25.7 Å². The number of rotatable bonds is 4. The van der Waals surface area contributed by atoms with Crippen LogP contribution in [0.5, 0.6) is 5.75 Å². The highest BCUT2D eigenvalue weighted by molar-refractivity contribution is 6.32. The Balaban J connectivity index is 1.56. The van der Waals surface area contributed by atoms with Crippen LogP contribution in [0.2, 0.25) is 5.02 Å². The summed E-state index contributed by atoms with van der Waals surface area (Å²) in [6, 6.07) is 6.77. The van der Waals surface area contributed by atoms with E-state index in [1.54, 1.807) is 36.7 Å². The fraction of sp³-hybridized carbons (Fsp3) is 0.250. The quantitative estimate of drug-likeness (QED) is 0.693. The van der Waals surface area contributed by atoms with Gasteiger partial charge in [0.05, 0.1) is 16.9 Å². The van der Waals surface area contributed by atoms with Crippen LogP contribution in [0.4, 0.5) is 5.69 Å². The molecule has 0 bridgehead atoms. The monoisotopic (exact) mass is 384 g/mol. The average molecular weight is 385 g/mol. The summed E-state index contributed by atoms with van der Waals surface area (Å²) in [7, 11) is 0. The highest BCUT2D eigenvalue weighted by Crippen LogP contribution is 2.34. The van der Waals surface area contributed by atoms with E-state index in [4.69, 9.17) is 20.8 Å². The molecule has 0 saturated carbocycles. The Morgan fingerprint density at radius 2 is 2.07 bits per heavy atom. The molecule has 7 heteroatoms. The molecule has 0 aliphatic heterocycles. The zero-order valence-electron chi connectivity index (χ0n) is 14.5. The van der Waals surface area contributed by atoms with Crippen molar-refractivity contribution in [3.8, 4) is 5.75 Å². The van der Waals surface area contributed by atoms with Crippen LogP contribution < -0.4 is 15.7 Å². The zero-order chi connectivity index (χ0) is 18.8. The van der Waals surface area contributed by atoms with E-state index < -0.39 is 0 Å². The number of carbonyl (C=O) groups is 1. The largest absolute Gasteiger partial charge is 0.482 e. The van der Waals surface area contributed by atoms with Gasteiger partial charge in [-0.3, -0.25) is 9.78 Å². The van der Waals surface area contributed by atoms with Gasteiger partial charge in [0.25, 0.3) is 5.91 Å². The standard InChI is InChI=1S/C20H17ClN2O4/c21-16-8-15-13-5-1-2-6-14(13)20(25)27-17(15)9-18(16)26-11-19(24)23-12-4-3-7-22-10-12/h3-4,7-10H,1-2,5-6,11H2,(H,23,24). The van der Waals surface area contributed by atoms with Crippen LogP contribution >= 0.6 is 11.6 Å². The minimum atomic E-state index is -0.342. The van der Waals surface area contributed by atoms with Crippen LogP contribution in [-0.4, -0.2) is 17.5 Å². The van der Waals surface area contributed by atoms with Gasteiger partial charge in [0.2, 0.25) is 0 Å². The van der Waals surface area contributed by atoms with E-state index in [1.165, 1.54) is 0 Å². The normalized spacial score (nSPS) is 13.2. The second kappa shape index (κ2) is 7.40. The predicted octanol–water partition coefficient (Wildman–Crippen LogP) is 3.74. The molecule has 1 aromatic carbocycles. The number of fused-ring (bicyclic) bond motifs is 3. The molecule has 0 spiro atoms. The average Bonchev–Trinajstić information content (AvgIpc) is 2.68. The summed E-state index contributed by atoms with van der Waals surface area (Å²) < 4.78 is 11.0. The number of nitrogens with one attached hydrogen (secondary N) is 1. The van der Waals surface area contributed by atoms with Crippen molar-refractivity contribution in [2.24, 2.45) is 0 Å². The summed E-state index contributed by atoms with van der Waals surface area (Å²) in [6.07, 6.45) is 6.76. The van der Waals surface area contributed by atoms with Gasteiger partial charge >= 0.3 is 5.63 Å². The van der Waals surface area contributed by atoms with E-state index in [0.717, 1.165) is 42.2 Å². The number of hydrogen-bond acceptors (Lipinski definition) is 5. The fourth-order valence-electron chi connectivity index (χ4n) is 3.33. The van der Waals surface area contributed by atoms with E-state index in [9.17, 15) is 9.59 Å². The molecule has 2 aromatic heterocycles. The van der Waals surface area contributed by atoms with E-state index in [0.29, 0.717) is 22.0 Å². The first kappa shape index (κ1) is 17.5. The van der Waals surface area contributed by atoms with E-state index >= 15 is 0 Å². The number of aryl methyl sites for hydroxylation is 1. The van der Waals surface area contributed by atoms with E-state index in [-0.39, 0.29) is 18.1 Å².